The summed E-state index contributed by atoms with van der Waals surface area (Å²) in [5.74, 6) is -0.588. The van der Waals surface area contributed by atoms with Crippen LogP contribution >= 0.6 is 0 Å². The highest BCUT2D eigenvalue weighted by Gasteiger charge is 1.96. The Labute approximate surface area is 46.7 Å². The number of esters is 1. The van der Waals surface area contributed by atoms with Crippen LogP contribution in [0.25, 0.3) is 0 Å². The largest absolute Gasteiger partial charge is 0.439 e. The fourth-order valence-electron chi connectivity index (χ4n) is 0.235. The van der Waals surface area contributed by atoms with Crippen molar-refractivity contribution < 1.29 is 19.7 Å². The van der Waals surface area contributed by atoms with Gasteiger partial charge in [0.25, 0.3) is 0 Å². The third kappa shape index (κ3) is 3.58. The molecule has 4 heteroatoms. The van der Waals surface area contributed by atoms with Crippen LogP contribution in [0.4, 0.5) is 0 Å². The summed E-state index contributed by atoms with van der Waals surface area (Å²) >= 11 is 0. The number of rotatable bonds is 3. The molecule has 0 aromatic heterocycles. The van der Waals surface area contributed by atoms with Gasteiger partial charge in [-0.05, 0) is 0 Å². The predicted octanol–water partition coefficient (Wildman–Crippen LogP) is -1.14. The van der Waals surface area contributed by atoms with Crippen molar-refractivity contribution in [3.05, 3.63) is 0 Å². The molecule has 48 valence electrons. The van der Waals surface area contributed by atoms with E-state index in [1.807, 2.05) is 0 Å². The first-order valence-electron chi connectivity index (χ1n) is 2.18. The molecule has 0 rings (SSSR count). The zero-order valence-corrected chi connectivity index (χ0v) is 4.33. The van der Waals surface area contributed by atoms with Gasteiger partial charge in [0.15, 0.2) is 6.79 Å². The zero-order chi connectivity index (χ0) is 6.41. The average molecular weight is 120 g/mol. The molecule has 8 heavy (non-hydrogen) atoms. The third-order valence-corrected chi connectivity index (χ3v) is 0.541. The molecular weight excluding hydrogens is 112 g/mol. The van der Waals surface area contributed by atoms with Crippen LogP contribution in [0.1, 0.15) is 6.42 Å². The van der Waals surface area contributed by atoms with E-state index in [0.717, 1.165) is 0 Å². The Morgan fingerprint density at radius 1 is 1.50 bits per heavy atom. The lowest BCUT2D eigenvalue weighted by molar-refractivity contribution is -0.152. The minimum atomic E-state index is -0.612. The lowest BCUT2D eigenvalue weighted by atomic mass is 10.5. The lowest BCUT2D eigenvalue weighted by Gasteiger charge is -1.95. The Morgan fingerprint density at radius 2 is 2.12 bits per heavy atom. The summed E-state index contributed by atoms with van der Waals surface area (Å²) in [5, 5.41) is 16.0. The second kappa shape index (κ2) is 4.55. The van der Waals surface area contributed by atoms with Crippen LogP contribution in [0, 0.1) is 0 Å². The molecule has 0 bridgehead atoms. The Hall–Kier alpha value is -0.610. The first-order chi connectivity index (χ1) is 3.81. The molecule has 0 heterocycles. The highest BCUT2D eigenvalue weighted by molar-refractivity contribution is 5.69. The molecular formula is C4H8O4. The van der Waals surface area contributed by atoms with Crippen molar-refractivity contribution in [2.24, 2.45) is 0 Å². The monoisotopic (exact) mass is 120 g/mol. The predicted molar refractivity (Wildman–Crippen MR) is 24.9 cm³/mol. The van der Waals surface area contributed by atoms with Crippen LogP contribution in [0.2, 0.25) is 0 Å². The number of aliphatic hydroxyl groups is 2. The maximum absolute atomic E-state index is 10.1. The van der Waals surface area contributed by atoms with E-state index in [-0.39, 0.29) is 13.0 Å². The third-order valence-electron chi connectivity index (χ3n) is 0.541. The number of hydrogen-bond donors (Lipinski definition) is 2. The first-order valence-corrected chi connectivity index (χ1v) is 2.18. The van der Waals surface area contributed by atoms with E-state index in [1.54, 1.807) is 0 Å². The Balaban J connectivity index is 3.06. The summed E-state index contributed by atoms with van der Waals surface area (Å²) < 4.78 is 4.04. The minimum Gasteiger partial charge on any atom is -0.439 e. The van der Waals surface area contributed by atoms with E-state index < -0.39 is 12.8 Å². The van der Waals surface area contributed by atoms with E-state index in [1.165, 1.54) is 0 Å². The van der Waals surface area contributed by atoms with Gasteiger partial charge in [-0.1, -0.05) is 0 Å². The maximum atomic E-state index is 10.1. The molecule has 0 saturated heterocycles. The molecule has 2 N–H and O–H groups in total. The maximum Gasteiger partial charge on any atom is 0.310 e. The molecule has 0 unspecified atom stereocenters. The number of aliphatic hydroxyl groups excluding tert-OH is 2. The molecule has 0 spiro atoms. The Kier molecular flexibility index (Phi) is 4.20. The fraction of sp³-hybridized carbons (Fsp3) is 0.750. The van der Waals surface area contributed by atoms with Gasteiger partial charge in [0.05, 0.1) is 13.0 Å². The molecule has 0 fully saturated rings. The number of carbonyl (C=O) groups excluding carboxylic acids is 1. The van der Waals surface area contributed by atoms with Gasteiger partial charge < -0.3 is 14.9 Å². The fourth-order valence-corrected chi connectivity index (χ4v) is 0.235. The van der Waals surface area contributed by atoms with Gasteiger partial charge in [-0.15, -0.1) is 0 Å². The molecule has 0 radical (unpaired) electrons. The summed E-state index contributed by atoms with van der Waals surface area (Å²) in [6.07, 6.45) is -0.0550. The van der Waals surface area contributed by atoms with E-state index in [2.05, 4.69) is 4.74 Å². The van der Waals surface area contributed by atoms with Crippen molar-refractivity contribution in [1.29, 1.82) is 0 Å². The van der Waals surface area contributed by atoms with Gasteiger partial charge in [0, 0.05) is 0 Å². The van der Waals surface area contributed by atoms with Gasteiger partial charge in [0.1, 0.15) is 0 Å². The van der Waals surface area contributed by atoms with Gasteiger partial charge in [0.2, 0.25) is 0 Å². The van der Waals surface area contributed by atoms with Crippen LogP contribution in [-0.2, 0) is 9.53 Å². The van der Waals surface area contributed by atoms with Crippen molar-refractivity contribution >= 4 is 5.97 Å². The summed E-state index contributed by atoms with van der Waals surface area (Å²) in [6.45, 7) is -0.850. The smallest absolute Gasteiger partial charge is 0.310 e. The number of ether oxygens (including phenoxy) is 1. The Bertz CT molecular complexity index is 62.4. The van der Waals surface area contributed by atoms with Gasteiger partial charge >= 0.3 is 5.97 Å². The number of hydrogen-bond acceptors (Lipinski definition) is 4. The standard InChI is InChI=1S/C4H8O4/c5-2-1-4(7)8-3-6/h5-6H,1-3H2. The molecule has 4 nitrogen and oxygen atoms in total. The quantitative estimate of drug-likeness (QED) is 0.365. The van der Waals surface area contributed by atoms with Crippen LogP contribution in [0.15, 0.2) is 0 Å². The molecule has 0 aliphatic rings. The van der Waals surface area contributed by atoms with Crippen molar-refractivity contribution in [2.75, 3.05) is 13.4 Å². The second-order valence-corrected chi connectivity index (χ2v) is 1.12. The molecule has 0 saturated carbocycles. The van der Waals surface area contributed by atoms with Crippen molar-refractivity contribution in [2.45, 2.75) is 6.42 Å². The summed E-state index contributed by atoms with van der Waals surface area (Å²) in [6, 6.07) is 0. The van der Waals surface area contributed by atoms with Gasteiger partial charge in [-0.3, -0.25) is 4.79 Å². The van der Waals surface area contributed by atoms with Gasteiger partial charge in [-0.25, -0.2) is 0 Å². The SMILES string of the molecule is O=C(CCO)OCO. The average Bonchev–Trinajstić information content (AvgIpc) is 1.68. The van der Waals surface area contributed by atoms with Crippen LogP contribution < -0.4 is 0 Å². The summed E-state index contributed by atoms with van der Waals surface area (Å²) in [5.41, 5.74) is 0. The van der Waals surface area contributed by atoms with E-state index >= 15 is 0 Å². The summed E-state index contributed by atoms with van der Waals surface area (Å²) in [7, 11) is 0. The zero-order valence-electron chi connectivity index (χ0n) is 4.33. The molecule has 0 aromatic carbocycles. The molecule has 0 aliphatic heterocycles. The van der Waals surface area contributed by atoms with Crippen molar-refractivity contribution in [3.8, 4) is 0 Å². The molecule has 0 aliphatic carbocycles. The van der Waals surface area contributed by atoms with E-state index in [4.69, 9.17) is 10.2 Å². The van der Waals surface area contributed by atoms with Crippen molar-refractivity contribution in [3.63, 3.8) is 0 Å². The van der Waals surface area contributed by atoms with E-state index in [0.29, 0.717) is 0 Å². The number of carbonyl (C=O) groups is 1. The van der Waals surface area contributed by atoms with Crippen LogP contribution in [-0.4, -0.2) is 29.6 Å². The van der Waals surface area contributed by atoms with E-state index in [9.17, 15) is 4.79 Å². The second-order valence-electron chi connectivity index (χ2n) is 1.12. The van der Waals surface area contributed by atoms with Crippen LogP contribution in [0.3, 0.4) is 0 Å². The highest BCUT2D eigenvalue weighted by Crippen LogP contribution is 1.80. The first kappa shape index (κ1) is 7.39. The van der Waals surface area contributed by atoms with Gasteiger partial charge in [-0.2, -0.15) is 0 Å². The molecule has 0 atom stereocenters. The summed E-state index contributed by atoms with van der Waals surface area (Å²) in [4.78, 5) is 10.1. The normalized spacial score (nSPS) is 8.75. The lowest BCUT2D eigenvalue weighted by Crippen LogP contribution is -2.06. The topological polar surface area (TPSA) is 66.8 Å². The minimum absolute atomic E-state index is 0.0550. The molecule has 0 aromatic rings. The molecule has 0 amide bonds. The highest BCUT2D eigenvalue weighted by atomic mass is 16.6. The van der Waals surface area contributed by atoms with Crippen molar-refractivity contribution in [1.82, 2.24) is 0 Å². The van der Waals surface area contributed by atoms with Crippen LogP contribution in [0.5, 0.6) is 0 Å². The Morgan fingerprint density at radius 3 is 2.50 bits per heavy atom.